The van der Waals surface area contributed by atoms with Crippen molar-refractivity contribution in [2.45, 2.75) is 30.5 Å². The number of para-hydroxylation sites is 1. The first kappa shape index (κ1) is 20.6. The molecule has 30 heavy (non-hydrogen) atoms. The second-order valence-electron chi connectivity index (χ2n) is 7.85. The third-order valence-corrected chi connectivity index (χ3v) is 7.28. The van der Waals surface area contributed by atoms with E-state index in [9.17, 15) is 4.79 Å². The number of hydrogen-bond acceptors (Lipinski definition) is 7. The van der Waals surface area contributed by atoms with Crippen molar-refractivity contribution < 1.29 is 4.79 Å². The van der Waals surface area contributed by atoms with Gasteiger partial charge < -0.3 is 10.2 Å². The summed E-state index contributed by atoms with van der Waals surface area (Å²) in [5, 5.41) is 12.3. The van der Waals surface area contributed by atoms with Gasteiger partial charge in [-0.05, 0) is 30.7 Å². The Bertz CT molecular complexity index is 1100. The van der Waals surface area contributed by atoms with Crippen molar-refractivity contribution in [2.75, 3.05) is 23.0 Å². The summed E-state index contributed by atoms with van der Waals surface area (Å²) in [5.41, 5.74) is 5.41. The average Bonchev–Trinajstić information content (AvgIpc) is 3.25. The molecule has 0 amide bonds. The van der Waals surface area contributed by atoms with Crippen molar-refractivity contribution >= 4 is 45.4 Å². The fourth-order valence-electron chi connectivity index (χ4n) is 3.66. The van der Waals surface area contributed by atoms with Crippen LogP contribution in [0.2, 0.25) is 0 Å². The largest absolute Gasteiger partial charge is 0.347 e. The normalized spacial score (nSPS) is 16.0. The van der Waals surface area contributed by atoms with Crippen molar-refractivity contribution in [1.82, 2.24) is 10.2 Å². The van der Waals surface area contributed by atoms with Crippen molar-refractivity contribution in [1.29, 1.82) is 0 Å². The third kappa shape index (κ3) is 4.13. The van der Waals surface area contributed by atoms with Gasteiger partial charge in [0.15, 0.2) is 10.1 Å². The van der Waals surface area contributed by atoms with Gasteiger partial charge >= 0.3 is 0 Å². The molecular weight excluding hydrogens is 412 g/mol. The lowest BCUT2D eigenvalue weighted by atomic mass is 9.83. The summed E-state index contributed by atoms with van der Waals surface area (Å²) in [7, 11) is 2.02. The van der Waals surface area contributed by atoms with Crippen LogP contribution in [0.3, 0.4) is 0 Å². The van der Waals surface area contributed by atoms with E-state index in [4.69, 9.17) is 0 Å². The first-order valence-corrected chi connectivity index (χ1v) is 11.5. The minimum absolute atomic E-state index is 0.0750. The van der Waals surface area contributed by atoms with Gasteiger partial charge in [-0.15, -0.1) is 10.2 Å². The van der Waals surface area contributed by atoms with E-state index in [-0.39, 0.29) is 11.2 Å². The zero-order valence-corrected chi connectivity index (χ0v) is 19.1. The van der Waals surface area contributed by atoms with Gasteiger partial charge in [-0.1, -0.05) is 72.8 Å². The van der Waals surface area contributed by atoms with Gasteiger partial charge in [0, 0.05) is 35.6 Å². The van der Waals surface area contributed by atoms with Gasteiger partial charge in [0.25, 0.3) is 0 Å². The first-order valence-electron chi connectivity index (χ1n) is 9.73. The maximum absolute atomic E-state index is 12.7. The van der Waals surface area contributed by atoms with E-state index in [1.165, 1.54) is 34.2 Å². The molecule has 1 N–H and O–H groups in total. The number of likely N-dealkylation sites (N-methyl/N-ethyl adjacent to an activating group) is 1. The first-order chi connectivity index (χ1) is 14.3. The molecule has 0 bridgehead atoms. The summed E-state index contributed by atoms with van der Waals surface area (Å²) in [6.07, 6.45) is 1.78. The molecule has 7 heteroatoms. The average molecular weight is 437 g/mol. The molecule has 2 heterocycles. The molecule has 3 aromatic rings. The van der Waals surface area contributed by atoms with Gasteiger partial charge in [-0.3, -0.25) is 4.79 Å². The van der Waals surface area contributed by atoms with E-state index in [1.54, 1.807) is 6.08 Å². The number of thioether (sulfide) groups is 1. The highest BCUT2D eigenvalue weighted by Crippen LogP contribution is 2.46. The van der Waals surface area contributed by atoms with Crippen LogP contribution in [0.15, 0.2) is 64.6 Å². The topological polar surface area (TPSA) is 58.1 Å². The number of aryl methyl sites for hydroxylation is 1. The molecule has 1 aliphatic heterocycles. The van der Waals surface area contributed by atoms with Crippen molar-refractivity contribution in [3.8, 4) is 0 Å². The molecule has 0 unspecified atom stereocenters. The summed E-state index contributed by atoms with van der Waals surface area (Å²) in [4.78, 5) is 14.8. The van der Waals surface area contributed by atoms with Gasteiger partial charge in [-0.25, -0.2) is 0 Å². The number of anilines is 3. The fourth-order valence-corrected chi connectivity index (χ4v) is 5.26. The predicted octanol–water partition coefficient (Wildman–Crippen LogP) is 5.56. The predicted molar refractivity (Wildman–Crippen MR) is 126 cm³/mol. The summed E-state index contributed by atoms with van der Waals surface area (Å²) < 4.78 is 0.777. The number of aromatic nitrogens is 2. The Morgan fingerprint density at radius 2 is 1.90 bits per heavy atom. The van der Waals surface area contributed by atoms with E-state index in [0.717, 1.165) is 26.5 Å². The number of carbonyl (C=O) groups is 1. The van der Waals surface area contributed by atoms with Crippen LogP contribution >= 0.6 is 23.1 Å². The molecule has 0 saturated carbocycles. The zero-order valence-electron chi connectivity index (χ0n) is 17.5. The molecular formula is C23H24N4OS2. The summed E-state index contributed by atoms with van der Waals surface area (Å²) in [6, 6.07) is 16.4. The molecule has 0 fully saturated rings. The van der Waals surface area contributed by atoms with Crippen LogP contribution in [0.4, 0.5) is 16.5 Å². The van der Waals surface area contributed by atoms with Crippen LogP contribution < -0.4 is 10.2 Å². The van der Waals surface area contributed by atoms with Gasteiger partial charge in [0.2, 0.25) is 5.13 Å². The smallest absolute Gasteiger partial charge is 0.210 e. The Balaban J connectivity index is 1.40. The standard InChI is InChI=1S/C23H24N4OS2/c1-15-9-11-16(12-10-15)24-21-25-26-22(30-21)29-14-17(28)13-20-23(2,3)18-7-5-6-8-19(18)27(20)4/h5-13H,14H2,1-4H3,(H,24,25). The Kier molecular flexibility index (Phi) is 5.66. The number of benzene rings is 2. The van der Waals surface area contributed by atoms with Crippen LogP contribution in [0.1, 0.15) is 25.0 Å². The van der Waals surface area contributed by atoms with Crippen LogP contribution in [0.5, 0.6) is 0 Å². The molecule has 0 aliphatic carbocycles. The van der Waals surface area contributed by atoms with E-state index in [2.05, 4.69) is 53.3 Å². The second kappa shape index (κ2) is 8.24. The van der Waals surface area contributed by atoms with Crippen LogP contribution in [-0.4, -0.2) is 28.8 Å². The third-order valence-electron chi connectivity index (χ3n) is 5.29. The highest BCUT2D eigenvalue weighted by Gasteiger charge is 2.38. The molecule has 1 aliphatic rings. The number of hydrogen-bond donors (Lipinski definition) is 1. The quantitative estimate of drug-likeness (QED) is 0.403. The Morgan fingerprint density at radius 1 is 1.17 bits per heavy atom. The highest BCUT2D eigenvalue weighted by molar-refractivity contribution is 8.01. The van der Waals surface area contributed by atoms with Crippen LogP contribution in [-0.2, 0) is 10.2 Å². The number of nitrogens with zero attached hydrogens (tertiary/aromatic N) is 3. The van der Waals surface area contributed by atoms with E-state index in [1.807, 2.05) is 43.4 Å². The molecule has 0 atom stereocenters. The van der Waals surface area contributed by atoms with Crippen LogP contribution in [0.25, 0.3) is 0 Å². The fraction of sp³-hybridized carbons (Fsp3) is 0.261. The number of rotatable bonds is 6. The SMILES string of the molecule is Cc1ccc(Nc2nnc(SCC(=O)C=C3N(C)c4ccccc4C3(C)C)s2)cc1. The maximum atomic E-state index is 12.7. The highest BCUT2D eigenvalue weighted by atomic mass is 32.2. The molecule has 5 nitrogen and oxygen atoms in total. The lowest BCUT2D eigenvalue weighted by Gasteiger charge is -2.23. The van der Waals surface area contributed by atoms with E-state index in [0.29, 0.717) is 5.75 Å². The minimum Gasteiger partial charge on any atom is -0.347 e. The Labute approximate surface area is 185 Å². The number of allylic oxidation sites excluding steroid dienone is 2. The minimum atomic E-state index is -0.195. The van der Waals surface area contributed by atoms with Crippen molar-refractivity contribution in [2.24, 2.45) is 0 Å². The lowest BCUT2D eigenvalue weighted by molar-refractivity contribution is -0.112. The summed E-state index contributed by atoms with van der Waals surface area (Å²) in [6.45, 7) is 6.38. The molecule has 0 saturated heterocycles. The molecule has 4 rings (SSSR count). The molecule has 154 valence electrons. The van der Waals surface area contributed by atoms with Gasteiger partial charge in [0.1, 0.15) is 0 Å². The maximum Gasteiger partial charge on any atom is 0.210 e. The summed E-state index contributed by atoms with van der Waals surface area (Å²) in [5.74, 6) is 0.411. The van der Waals surface area contributed by atoms with Gasteiger partial charge in [-0.2, -0.15) is 0 Å². The van der Waals surface area contributed by atoms with E-state index >= 15 is 0 Å². The number of carbonyl (C=O) groups excluding carboxylic acids is 1. The molecule has 2 aromatic carbocycles. The van der Waals surface area contributed by atoms with Crippen LogP contribution in [0, 0.1) is 6.92 Å². The summed E-state index contributed by atoms with van der Waals surface area (Å²) >= 11 is 2.88. The Hall–Kier alpha value is -2.64. The number of ketones is 1. The zero-order chi connectivity index (χ0) is 21.3. The van der Waals surface area contributed by atoms with Gasteiger partial charge in [0.05, 0.1) is 5.75 Å². The van der Waals surface area contributed by atoms with Crippen molar-refractivity contribution in [3.05, 3.63) is 71.4 Å². The van der Waals surface area contributed by atoms with E-state index < -0.39 is 0 Å². The molecule has 0 radical (unpaired) electrons. The molecule has 1 aromatic heterocycles. The Morgan fingerprint density at radius 3 is 2.63 bits per heavy atom. The monoisotopic (exact) mass is 436 g/mol. The second-order valence-corrected chi connectivity index (χ2v) is 10.0. The number of nitrogens with one attached hydrogen (secondary N) is 1. The molecule has 0 spiro atoms. The van der Waals surface area contributed by atoms with Crippen molar-refractivity contribution in [3.63, 3.8) is 0 Å². The number of fused-ring (bicyclic) bond motifs is 1. The lowest BCUT2D eigenvalue weighted by Crippen LogP contribution is -2.24.